The summed E-state index contributed by atoms with van der Waals surface area (Å²) in [7, 11) is 0. The first-order valence-electron chi connectivity index (χ1n) is 8.57. The van der Waals surface area contributed by atoms with E-state index >= 15 is 0 Å². The summed E-state index contributed by atoms with van der Waals surface area (Å²) in [6.45, 7) is 5.63. The highest BCUT2D eigenvalue weighted by Gasteiger charge is 2.33. The molecule has 1 aliphatic rings. The maximum atomic E-state index is 13.2. The third kappa shape index (κ3) is 6.12. The van der Waals surface area contributed by atoms with Crippen LogP contribution in [0.4, 0.5) is 4.39 Å². The second-order valence-electron chi connectivity index (χ2n) is 6.22. The number of guanidine groups is 1. The molecule has 2 aromatic rings. The van der Waals surface area contributed by atoms with Gasteiger partial charge < -0.3 is 15.4 Å². The summed E-state index contributed by atoms with van der Waals surface area (Å²) < 4.78 is 18.7. The predicted octanol–water partition coefficient (Wildman–Crippen LogP) is 4.09. The van der Waals surface area contributed by atoms with Crippen LogP contribution in [0.25, 0.3) is 0 Å². The highest BCUT2D eigenvalue weighted by Crippen LogP contribution is 2.28. The van der Waals surface area contributed by atoms with Crippen molar-refractivity contribution in [3.63, 3.8) is 0 Å². The third-order valence-electron chi connectivity index (χ3n) is 4.01. The standard InChI is InChI=1S/C19H23FN4O.HI/c1-3-21-19(24-17-9-13(17)2)23-12-14-7-8-18(22-11-14)25-16-6-4-5-15(20)10-16;/h4-8,10-11,13,17H,3,9,12H2,1-2H3,(H2,21,23,24);1H. The van der Waals surface area contributed by atoms with Crippen molar-refractivity contribution in [2.24, 2.45) is 10.9 Å². The van der Waals surface area contributed by atoms with Crippen molar-refractivity contribution in [1.82, 2.24) is 15.6 Å². The van der Waals surface area contributed by atoms with Gasteiger partial charge in [0.2, 0.25) is 5.88 Å². The van der Waals surface area contributed by atoms with Gasteiger partial charge in [0.25, 0.3) is 0 Å². The summed E-state index contributed by atoms with van der Waals surface area (Å²) in [5, 5.41) is 6.67. The molecule has 2 N–H and O–H groups in total. The molecule has 1 saturated carbocycles. The lowest BCUT2D eigenvalue weighted by molar-refractivity contribution is 0.457. The fourth-order valence-electron chi connectivity index (χ4n) is 2.41. The fourth-order valence-corrected chi connectivity index (χ4v) is 2.41. The Balaban J connectivity index is 0.00000243. The zero-order chi connectivity index (χ0) is 17.6. The number of halogens is 2. The normalized spacial score (nSPS) is 18.7. The SMILES string of the molecule is CCNC(=NCc1ccc(Oc2cccc(F)c2)nc1)NC1CC1C.I. The lowest BCUT2D eigenvalue weighted by Crippen LogP contribution is -2.39. The number of nitrogens with one attached hydrogen (secondary N) is 2. The Hall–Kier alpha value is -1.90. The van der Waals surface area contributed by atoms with Crippen LogP contribution in [0, 0.1) is 11.7 Å². The van der Waals surface area contributed by atoms with Crippen LogP contribution in [-0.4, -0.2) is 23.5 Å². The summed E-state index contributed by atoms with van der Waals surface area (Å²) >= 11 is 0. The number of hydrogen-bond acceptors (Lipinski definition) is 3. The number of rotatable bonds is 6. The van der Waals surface area contributed by atoms with Crippen LogP contribution in [0.3, 0.4) is 0 Å². The van der Waals surface area contributed by atoms with E-state index in [1.807, 2.05) is 13.0 Å². The van der Waals surface area contributed by atoms with Gasteiger partial charge in [-0.05, 0) is 37.0 Å². The lowest BCUT2D eigenvalue weighted by Gasteiger charge is -2.10. The molecule has 1 aliphatic carbocycles. The number of ether oxygens (including phenoxy) is 1. The average molecular weight is 470 g/mol. The van der Waals surface area contributed by atoms with Crippen LogP contribution in [0.15, 0.2) is 47.6 Å². The molecule has 0 aliphatic heterocycles. The second-order valence-corrected chi connectivity index (χ2v) is 6.22. The topological polar surface area (TPSA) is 58.5 Å². The zero-order valence-corrected chi connectivity index (χ0v) is 17.2. The maximum absolute atomic E-state index is 13.2. The number of aromatic nitrogens is 1. The van der Waals surface area contributed by atoms with E-state index in [9.17, 15) is 4.39 Å². The Labute approximate surface area is 170 Å². The van der Waals surface area contributed by atoms with Gasteiger partial charge in [-0.2, -0.15) is 0 Å². The summed E-state index contributed by atoms with van der Waals surface area (Å²) in [6.07, 6.45) is 2.92. The van der Waals surface area contributed by atoms with Crippen LogP contribution in [0.2, 0.25) is 0 Å². The number of nitrogens with zero attached hydrogens (tertiary/aromatic N) is 2. The van der Waals surface area contributed by atoms with E-state index in [0.717, 1.165) is 18.1 Å². The molecule has 3 rings (SSSR count). The average Bonchev–Trinajstić information content (AvgIpc) is 3.29. The quantitative estimate of drug-likeness (QED) is 0.380. The lowest BCUT2D eigenvalue weighted by atomic mass is 10.3. The minimum atomic E-state index is -0.336. The molecule has 0 bridgehead atoms. The number of benzene rings is 1. The third-order valence-corrected chi connectivity index (χ3v) is 4.01. The number of hydrogen-bond donors (Lipinski definition) is 2. The minimum Gasteiger partial charge on any atom is -0.439 e. The van der Waals surface area contributed by atoms with E-state index in [1.165, 1.54) is 18.6 Å². The Morgan fingerprint density at radius 2 is 2.15 bits per heavy atom. The van der Waals surface area contributed by atoms with E-state index in [2.05, 4.69) is 27.5 Å². The van der Waals surface area contributed by atoms with Crippen molar-refractivity contribution < 1.29 is 9.13 Å². The first-order valence-corrected chi connectivity index (χ1v) is 8.57. The van der Waals surface area contributed by atoms with Crippen molar-refractivity contribution >= 4 is 29.9 Å². The molecule has 7 heteroatoms. The van der Waals surface area contributed by atoms with Gasteiger partial charge in [0.15, 0.2) is 5.96 Å². The summed E-state index contributed by atoms with van der Waals surface area (Å²) in [4.78, 5) is 8.85. The van der Waals surface area contributed by atoms with Crippen molar-refractivity contribution in [3.8, 4) is 11.6 Å². The summed E-state index contributed by atoms with van der Waals surface area (Å²) in [6, 6.07) is 10.2. The Morgan fingerprint density at radius 1 is 1.35 bits per heavy atom. The molecular formula is C19H24FIN4O. The Bertz CT molecular complexity index is 739. The molecule has 2 atom stereocenters. The van der Waals surface area contributed by atoms with Gasteiger partial charge >= 0.3 is 0 Å². The van der Waals surface area contributed by atoms with E-state index in [4.69, 9.17) is 4.74 Å². The van der Waals surface area contributed by atoms with Crippen molar-refractivity contribution in [2.75, 3.05) is 6.54 Å². The van der Waals surface area contributed by atoms with Crippen LogP contribution < -0.4 is 15.4 Å². The molecule has 26 heavy (non-hydrogen) atoms. The summed E-state index contributed by atoms with van der Waals surface area (Å²) in [5.41, 5.74) is 0.979. The predicted molar refractivity (Wildman–Crippen MR) is 112 cm³/mol. The maximum Gasteiger partial charge on any atom is 0.219 e. The molecule has 2 unspecified atom stereocenters. The number of pyridine rings is 1. The smallest absolute Gasteiger partial charge is 0.219 e. The first-order chi connectivity index (χ1) is 12.1. The molecule has 140 valence electrons. The Morgan fingerprint density at radius 3 is 2.77 bits per heavy atom. The Kier molecular flexibility index (Phi) is 7.62. The fraction of sp³-hybridized carbons (Fsp3) is 0.368. The molecule has 0 radical (unpaired) electrons. The van der Waals surface area contributed by atoms with E-state index in [0.29, 0.717) is 30.1 Å². The molecule has 0 spiro atoms. The molecule has 0 saturated heterocycles. The van der Waals surface area contributed by atoms with Gasteiger partial charge in [0.05, 0.1) is 6.54 Å². The zero-order valence-electron chi connectivity index (χ0n) is 14.9. The monoisotopic (exact) mass is 470 g/mol. The van der Waals surface area contributed by atoms with Crippen LogP contribution in [0.1, 0.15) is 25.8 Å². The molecular weight excluding hydrogens is 446 g/mol. The number of aliphatic imine (C=N–C) groups is 1. The van der Waals surface area contributed by atoms with Gasteiger partial charge in [0, 0.05) is 30.9 Å². The molecule has 5 nitrogen and oxygen atoms in total. The van der Waals surface area contributed by atoms with Gasteiger partial charge in [-0.1, -0.05) is 19.1 Å². The van der Waals surface area contributed by atoms with Gasteiger partial charge in [-0.25, -0.2) is 14.4 Å². The highest BCUT2D eigenvalue weighted by molar-refractivity contribution is 14.0. The van der Waals surface area contributed by atoms with E-state index < -0.39 is 0 Å². The molecule has 0 amide bonds. The second kappa shape index (κ2) is 9.70. The van der Waals surface area contributed by atoms with Crippen molar-refractivity contribution in [2.45, 2.75) is 32.9 Å². The molecule has 1 aromatic heterocycles. The van der Waals surface area contributed by atoms with Crippen molar-refractivity contribution in [1.29, 1.82) is 0 Å². The molecule has 1 fully saturated rings. The van der Waals surface area contributed by atoms with Gasteiger partial charge in [-0.15, -0.1) is 24.0 Å². The van der Waals surface area contributed by atoms with Gasteiger partial charge in [0.1, 0.15) is 11.6 Å². The highest BCUT2D eigenvalue weighted by atomic mass is 127. The van der Waals surface area contributed by atoms with Gasteiger partial charge in [-0.3, -0.25) is 0 Å². The van der Waals surface area contributed by atoms with Crippen molar-refractivity contribution in [3.05, 3.63) is 54.0 Å². The van der Waals surface area contributed by atoms with E-state index in [1.54, 1.807) is 24.4 Å². The van der Waals surface area contributed by atoms with E-state index in [-0.39, 0.29) is 29.8 Å². The van der Waals surface area contributed by atoms with Crippen LogP contribution in [-0.2, 0) is 6.54 Å². The first kappa shape index (κ1) is 20.4. The van der Waals surface area contributed by atoms with Crippen LogP contribution in [0.5, 0.6) is 11.6 Å². The molecule has 1 heterocycles. The molecule has 1 aromatic carbocycles. The van der Waals surface area contributed by atoms with Crippen LogP contribution >= 0.6 is 24.0 Å². The minimum absolute atomic E-state index is 0. The largest absolute Gasteiger partial charge is 0.439 e. The summed E-state index contributed by atoms with van der Waals surface area (Å²) in [5.74, 6) is 2.06.